The topological polar surface area (TPSA) is 67.9 Å². The van der Waals surface area contributed by atoms with Gasteiger partial charge in [-0.05, 0) is 43.3 Å². The van der Waals surface area contributed by atoms with E-state index >= 15 is 0 Å². The Balaban J connectivity index is 1.66. The maximum Gasteiger partial charge on any atom is 0.255 e. The van der Waals surface area contributed by atoms with Gasteiger partial charge >= 0.3 is 0 Å². The number of para-hydroxylation sites is 1. The van der Waals surface area contributed by atoms with Crippen molar-refractivity contribution in [1.29, 1.82) is 0 Å². The molecular weight excluding hydrogens is 332 g/mol. The van der Waals surface area contributed by atoms with Crippen molar-refractivity contribution < 1.29 is 19.1 Å². The van der Waals surface area contributed by atoms with Crippen molar-refractivity contribution in [3.63, 3.8) is 0 Å². The average molecular weight is 354 g/mol. The Bertz CT molecular complexity index is 789. The molecule has 1 aliphatic rings. The van der Waals surface area contributed by atoms with Gasteiger partial charge in [0.2, 0.25) is 5.91 Å². The highest BCUT2D eigenvalue weighted by Crippen LogP contribution is 2.25. The fourth-order valence-corrected chi connectivity index (χ4v) is 3.04. The van der Waals surface area contributed by atoms with Gasteiger partial charge in [0, 0.05) is 18.7 Å². The van der Waals surface area contributed by atoms with Crippen molar-refractivity contribution in [3.05, 3.63) is 54.1 Å². The van der Waals surface area contributed by atoms with E-state index in [1.165, 1.54) is 7.11 Å². The summed E-state index contributed by atoms with van der Waals surface area (Å²) >= 11 is 0. The van der Waals surface area contributed by atoms with Gasteiger partial charge in [0.05, 0.1) is 25.3 Å². The van der Waals surface area contributed by atoms with Crippen molar-refractivity contribution in [2.75, 3.05) is 25.2 Å². The van der Waals surface area contributed by atoms with Gasteiger partial charge in [-0.25, -0.2) is 0 Å². The summed E-state index contributed by atoms with van der Waals surface area (Å²) in [6, 6.07) is 14.2. The highest BCUT2D eigenvalue weighted by atomic mass is 16.5. The van der Waals surface area contributed by atoms with Crippen LogP contribution in [-0.2, 0) is 4.79 Å². The second kappa shape index (κ2) is 7.91. The Morgan fingerprint density at radius 2 is 1.92 bits per heavy atom. The van der Waals surface area contributed by atoms with Crippen LogP contribution in [0.3, 0.4) is 0 Å². The molecule has 0 bridgehead atoms. The van der Waals surface area contributed by atoms with Gasteiger partial charge in [0.1, 0.15) is 11.5 Å². The Labute approximate surface area is 152 Å². The average Bonchev–Trinajstić information content (AvgIpc) is 3.02. The van der Waals surface area contributed by atoms with Crippen molar-refractivity contribution in [1.82, 2.24) is 5.32 Å². The first-order valence-corrected chi connectivity index (χ1v) is 8.59. The number of methoxy groups -OCH3 is 1. The number of rotatable bonds is 6. The number of anilines is 1. The van der Waals surface area contributed by atoms with Crippen LogP contribution in [0.5, 0.6) is 11.5 Å². The predicted octanol–water partition coefficient (Wildman–Crippen LogP) is 2.63. The van der Waals surface area contributed by atoms with Crippen LogP contribution < -0.4 is 19.7 Å². The van der Waals surface area contributed by atoms with E-state index in [0.29, 0.717) is 24.5 Å². The summed E-state index contributed by atoms with van der Waals surface area (Å²) in [6.07, 6.45) is 0.272. The molecule has 26 heavy (non-hydrogen) atoms. The zero-order valence-electron chi connectivity index (χ0n) is 14.9. The first-order chi connectivity index (χ1) is 12.6. The molecule has 0 aromatic heterocycles. The number of nitrogens with one attached hydrogen (secondary N) is 1. The van der Waals surface area contributed by atoms with Crippen LogP contribution in [-0.4, -0.2) is 38.1 Å². The molecule has 0 aliphatic carbocycles. The summed E-state index contributed by atoms with van der Waals surface area (Å²) in [4.78, 5) is 26.5. The summed E-state index contributed by atoms with van der Waals surface area (Å²) < 4.78 is 10.6. The molecule has 1 saturated heterocycles. The minimum atomic E-state index is -0.244. The molecule has 1 atom stereocenters. The Kier molecular flexibility index (Phi) is 5.41. The van der Waals surface area contributed by atoms with Crippen LogP contribution in [0.2, 0.25) is 0 Å². The van der Waals surface area contributed by atoms with E-state index in [2.05, 4.69) is 5.32 Å². The standard InChI is InChI=1S/C20H22N2O4/c1-3-26-16-10-8-15(9-11-16)22-13-14(12-19(22)23)21-20(24)17-6-4-5-7-18(17)25-2/h4-11,14H,3,12-13H2,1-2H3,(H,21,24)/t14-/m0/s1. The highest BCUT2D eigenvalue weighted by Gasteiger charge is 2.32. The molecule has 136 valence electrons. The number of carbonyl (C=O) groups is 2. The highest BCUT2D eigenvalue weighted by molar-refractivity contribution is 6.00. The van der Waals surface area contributed by atoms with Crippen molar-refractivity contribution in [2.45, 2.75) is 19.4 Å². The zero-order chi connectivity index (χ0) is 18.5. The van der Waals surface area contributed by atoms with Crippen LogP contribution >= 0.6 is 0 Å². The first-order valence-electron chi connectivity index (χ1n) is 8.59. The fourth-order valence-electron chi connectivity index (χ4n) is 3.04. The van der Waals surface area contributed by atoms with Crippen molar-refractivity contribution in [3.8, 4) is 11.5 Å². The first kappa shape index (κ1) is 17.8. The molecule has 2 aromatic carbocycles. The molecule has 0 spiro atoms. The molecule has 3 rings (SSSR count). The SMILES string of the molecule is CCOc1ccc(N2C[C@@H](NC(=O)c3ccccc3OC)CC2=O)cc1. The summed E-state index contributed by atoms with van der Waals surface area (Å²) in [5, 5.41) is 2.93. The van der Waals surface area contributed by atoms with Crippen LogP contribution in [0.25, 0.3) is 0 Å². The van der Waals surface area contributed by atoms with Gasteiger partial charge in [-0.1, -0.05) is 12.1 Å². The van der Waals surface area contributed by atoms with E-state index in [-0.39, 0.29) is 24.3 Å². The number of benzene rings is 2. The van der Waals surface area contributed by atoms with Gasteiger partial charge in [0.15, 0.2) is 0 Å². The molecule has 1 heterocycles. The number of carbonyl (C=O) groups excluding carboxylic acids is 2. The fraction of sp³-hybridized carbons (Fsp3) is 0.300. The maximum absolute atomic E-state index is 12.5. The number of nitrogens with zero attached hydrogens (tertiary/aromatic N) is 1. The minimum absolute atomic E-state index is 0.0144. The molecule has 2 aromatic rings. The molecule has 2 amide bonds. The Morgan fingerprint density at radius 3 is 2.62 bits per heavy atom. The molecule has 1 aliphatic heterocycles. The lowest BCUT2D eigenvalue weighted by Gasteiger charge is -2.18. The van der Waals surface area contributed by atoms with Gasteiger partial charge in [-0.2, -0.15) is 0 Å². The molecule has 6 nitrogen and oxygen atoms in total. The largest absolute Gasteiger partial charge is 0.496 e. The Hall–Kier alpha value is -3.02. The third kappa shape index (κ3) is 3.79. The molecular formula is C20H22N2O4. The molecule has 6 heteroatoms. The van der Waals surface area contributed by atoms with E-state index < -0.39 is 0 Å². The number of hydrogen-bond donors (Lipinski definition) is 1. The van der Waals surface area contributed by atoms with Crippen LogP contribution in [0.4, 0.5) is 5.69 Å². The molecule has 0 radical (unpaired) electrons. The second-order valence-corrected chi connectivity index (χ2v) is 6.01. The van der Waals surface area contributed by atoms with E-state index in [0.717, 1.165) is 11.4 Å². The summed E-state index contributed by atoms with van der Waals surface area (Å²) in [7, 11) is 1.53. The summed E-state index contributed by atoms with van der Waals surface area (Å²) in [6.45, 7) is 2.96. The van der Waals surface area contributed by atoms with Crippen LogP contribution in [0.15, 0.2) is 48.5 Å². The van der Waals surface area contributed by atoms with Crippen molar-refractivity contribution >= 4 is 17.5 Å². The smallest absolute Gasteiger partial charge is 0.255 e. The number of ether oxygens (including phenoxy) is 2. The van der Waals surface area contributed by atoms with E-state index in [9.17, 15) is 9.59 Å². The van der Waals surface area contributed by atoms with E-state index in [1.54, 1.807) is 23.1 Å². The maximum atomic E-state index is 12.5. The molecule has 0 unspecified atom stereocenters. The van der Waals surface area contributed by atoms with Gasteiger partial charge in [-0.15, -0.1) is 0 Å². The molecule has 1 fully saturated rings. The number of amides is 2. The van der Waals surface area contributed by atoms with Gasteiger partial charge < -0.3 is 19.7 Å². The second-order valence-electron chi connectivity index (χ2n) is 6.01. The predicted molar refractivity (Wildman–Crippen MR) is 98.8 cm³/mol. The van der Waals surface area contributed by atoms with Gasteiger partial charge in [-0.3, -0.25) is 9.59 Å². The zero-order valence-corrected chi connectivity index (χ0v) is 14.9. The minimum Gasteiger partial charge on any atom is -0.496 e. The third-order valence-corrected chi connectivity index (χ3v) is 4.27. The van der Waals surface area contributed by atoms with E-state index in [4.69, 9.17) is 9.47 Å². The van der Waals surface area contributed by atoms with E-state index in [1.807, 2.05) is 37.3 Å². The van der Waals surface area contributed by atoms with Crippen LogP contribution in [0.1, 0.15) is 23.7 Å². The molecule has 0 saturated carbocycles. The normalized spacial score (nSPS) is 16.5. The summed E-state index contributed by atoms with van der Waals surface area (Å²) in [5.41, 5.74) is 1.26. The lowest BCUT2D eigenvalue weighted by molar-refractivity contribution is -0.117. The Morgan fingerprint density at radius 1 is 1.19 bits per heavy atom. The molecule has 1 N–H and O–H groups in total. The van der Waals surface area contributed by atoms with Crippen LogP contribution in [0, 0.1) is 0 Å². The third-order valence-electron chi connectivity index (χ3n) is 4.27. The monoisotopic (exact) mass is 354 g/mol. The quantitative estimate of drug-likeness (QED) is 0.866. The number of hydrogen-bond acceptors (Lipinski definition) is 4. The summed E-state index contributed by atoms with van der Waals surface area (Å²) in [5.74, 6) is 1.02. The van der Waals surface area contributed by atoms with Crippen molar-refractivity contribution in [2.24, 2.45) is 0 Å². The van der Waals surface area contributed by atoms with Gasteiger partial charge in [0.25, 0.3) is 5.91 Å². The lowest BCUT2D eigenvalue weighted by Crippen LogP contribution is -2.37. The lowest BCUT2D eigenvalue weighted by atomic mass is 10.1.